The molecule has 1 N–H and O–H groups in total. The molecule has 1 unspecified atom stereocenters. The first-order chi connectivity index (χ1) is 14.9. The number of furan rings is 1. The fraction of sp³-hybridized carbons (Fsp3) is 0.522. The van der Waals surface area contributed by atoms with Gasteiger partial charge in [0.05, 0.1) is 18.1 Å². The lowest BCUT2D eigenvalue weighted by molar-refractivity contribution is -0.126. The minimum absolute atomic E-state index is 0.000595. The molecular formula is C23H33N3O4S. The van der Waals surface area contributed by atoms with E-state index in [0.717, 1.165) is 24.4 Å². The van der Waals surface area contributed by atoms with Crippen molar-refractivity contribution in [2.75, 3.05) is 32.7 Å². The first-order valence-electron chi connectivity index (χ1n) is 11.0. The summed E-state index contributed by atoms with van der Waals surface area (Å²) in [6.07, 6.45) is 2.73. The van der Waals surface area contributed by atoms with Crippen molar-refractivity contribution in [3.05, 3.63) is 60.1 Å². The summed E-state index contributed by atoms with van der Waals surface area (Å²) < 4.78 is 32.6. The van der Waals surface area contributed by atoms with Gasteiger partial charge in [0.25, 0.3) is 0 Å². The van der Waals surface area contributed by atoms with Crippen molar-refractivity contribution in [2.45, 2.75) is 38.5 Å². The normalized spacial score (nSPS) is 17.0. The lowest BCUT2D eigenvalue weighted by Gasteiger charge is -2.32. The number of nitrogens with one attached hydrogen (secondary N) is 1. The fourth-order valence-electron chi connectivity index (χ4n) is 4.17. The maximum absolute atomic E-state index is 12.8. The molecule has 3 rings (SSSR count). The van der Waals surface area contributed by atoms with E-state index in [0.29, 0.717) is 32.5 Å². The third-order valence-corrected chi connectivity index (χ3v) is 7.85. The number of amides is 1. The SMILES string of the molecule is CCN(CC)C(CNC(=O)C1CCN(S(=O)(=O)Cc2ccccc2)CC1)c1ccco1. The van der Waals surface area contributed by atoms with Gasteiger partial charge in [-0.2, -0.15) is 0 Å². The van der Waals surface area contributed by atoms with Gasteiger partial charge in [0, 0.05) is 25.6 Å². The second kappa shape index (κ2) is 10.9. The van der Waals surface area contributed by atoms with Crippen LogP contribution in [-0.4, -0.2) is 56.3 Å². The largest absolute Gasteiger partial charge is 0.468 e. The van der Waals surface area contributed by atoms with Gasteiger partial charge in [-0.05, 0) is 43.6 Å². The van der Waals surface area contributed by atoms with E-state index in [1.54, 1.807) is 6.26 Å². The number of sulfonamides is 1. The summed E-state index contributed by atoms with van der Waals surface area (Å²) in [7, 11) is -3.38. The average molecular weight is 448 g/mol. The second-order valence-corrected chi connectivity index (χ2v) is 9.88. The van der Waals surface area contributed by atoms with E-state index < -0.39 is 10.0 Å². The Morgan fingerprint density at radius 3 is 2.39 bits per heavy atom. The highest BCUT2D eigenvalue weighted by atomic mass is 32.2. The highest BCUT2D eigenvalue weighted by Gasteiger charge is 2.31. The van der Waals surface area contributed by atoms with E-state index in [-0.39, 0.29) is 23.6 Å². The van der Waals surface area contributed by atoms with Crippen LogP contribution in [0.2, 0.25) is 0 Å². The molecule has 0 aliphatic carbocycles. The number of piperidine rings is 1. The number of hydrogen-bond acceptors (Lipinski definition) is 5. The third kappa shape index (κ3) is 6.18. The highest BCUT2D eigenvalue weighted by molar-refractivity contribution is 7.88. The van der Waals surface area contributed by atoms with E-state index in [1.807, 2.05) is 42.5 Å². The zero-order valence-corrected chi connectivity index (χ0v) is 19.2. The number of carbonyl (C=O) groups is 1. The molecule has 0 saturated carbocycles. The summed E-state index contributed by atoms with van der Waals surface area (Å²) in [6, 6.07) is 13.0. The number of likely N-dealkylation sites (N-methyl/N-ethyl adjacent to an activating group) is 1. The van der Waals surface area contributed by atoms with Gasteiger partial charge in [-0.25, -0.2) is 12.7 Å². The molecule has 1 saturated heterocycles. The van der Waals surface area contributed by atoms with Gasteiger partial charge in [-0.1, -0.05) is 44.2 Å². The van der Waals surface area contributed by atoms with Crippen molar-refractivity contribution in [3.63, 3.8) is 0 Å². The number of carbonyl (C=O) groups excluding carboxylic acids is 1. The predicted octanol–water partition coefficient (Wildman–Crippen LogP) is 3.02. The van der Waals surface area contributed by atoms with Gasteiger partial charge in [0.2, 0.25) is 15.9 Å². The molecule has 170 valence electrons. The molecular weight excluding hydrogens is 414 g/mol. The predicted molar refractivity (Wildman–Crippen MR) is 121 cm³/mol. The van der Waals surface area contributed by atoms with Crippen molar-refractivity contribution in [1.82, 2.24) is 14.5 Å². The highest BCUT2D eigenvalue weighted by Crippen LogP contribution is 2.23. The van der Waals surface area contributed by atoms with Crippen LogP contribution in [0.25, 0.3) is 0 Å². The summed E-state index contributed by atoms with van der Waals surface area (Å²) in [5.74, 6) is 0.658. The van der Waals surface area contributed by atoms with Crippen LogP contribution in [0.3, 0.4) is 0 Å². The van der Waals surface area contributed by atoms with Gasteiger partial charge in [-0.3, -0.25) is 9.69 Å². The molecule has 1 aliphatic rings. The Labute approximate surface area is 185 Å². The van der Waals surface area contributed by atoms with Gasteiger partial charge < -0.3 is 9.73 Å². The van der Waals surface area contributed by atoms with Crippen LogP contribution in [-0.2, 0) is 20.6 Å². The molecule has 1 amide bonds. The molecule has 0 spiro atoms. The molecule has 1 aromatic carbocycles. The van der Waals surface area contributed by atoms with Gasteiger partial charge >= 0.3 is 0 Å². The van der Waals surface area contributed by atoms with Crippen molar-refractivity contribution < 1.29 is 17.6 Å². The summed E-state index contributed by atoms with van der Waals surface area (Å²) in [6.45, 7) is 7.13. The Bertz CT molecular complexity index is 904. The average Bonchev–Trinajstić information content (AvgIpc) is 3.31. The smallest absolute Gasteiger partial charge is 0.223 e. The number of rotatable bonds is 10. The molecule has 31 heavy (non-hydrogen) atoms. The van der Waals surface area contributed by atoms with E-state index in [9.17, 15) is 13.2 Å². The molecule has 1 aromatic heterocycles. The van der Waals surface area contributed by atoms with Crippen LogP contribution in [0.5, 0.6) is 0 Å². The lowest BCUT2D eigenvalue weighted by Crippen LogP contribution is -2.45. The molecule has 2 aromatic rings. The van der Waals surface area contributed by atoms with Crippen molar-refractivity contribution in [2.24, 2.45) is 5.92 Å². The van der Waals surface area contributed by atoms with E-state index in [4.69, 9.17) is 4.42 Å². The fourth-order valence-corrected chi connectivity index (χ4v) is 5.73. The van der Waals surface area contributed by atoms with Crippen LogP contribution >= 0.6 is 0 Å². The number of hydrogen-bond donors (Lipinski definition) is 1. The summed E-state index contributed by atoms with van der Waals surface area (Å²) in [4.78, 5) is 15.0. The zero-order valence-electron chi connectivity index (χ0n) is 18.4. The summed E-state index contributed by atoms with van der Waals surface area (Å²) >= 11 is 0. The number of nitrogens with zero attached hydrogens (tertiary/aromatic N) is 2. The molecule has 1 atom stereocenters. The lowest BCUT2D eigenvalue weighted by atomic mass is 9.97. The topological polar surface area (TPSA) is 82.9 Å². The molecule has 7 nitrogen and oxygen atoms in total. The Balaban J connectivity index is 1.52. The first-order valence-corrected chi connectivity index (χ1v) is 12.6. The quantitative estimate of drug-likeness (QED) is 0.605. The van der Waals surface area contributed by atoms with Crippen LogP contribution in [0, 0.1) is 5.92 Å². The third-order valence-electron chi connectivity index (χ3n) is 6.00. The van der Waals surface area contributed by atoms with Crippen LogP contribution in [0.4, 0.5) is 0 Å². The Hall–Kier alpha value is -2.16. The molecule has 0 radical (unpaired) electrons. The summed E-state index contributed by atoms with van der Waals surface area (Å²) in [5.41, 5.74) is 0.780. The van der Waals surface area contributed by atoms with Crippen LogP contribution in [0.15, 0.2) is 53.1 Å². The molecule has 1 aliphatic heterocycles. The molecule has 1 fully saturated rings. The zero-order chi connectivity index (χ0) is 22.3. The van der Waals surface area contributed by atoms with Crippen molar-refractivity contribution >= 4 is 15.9 Å². The maximum atomic E-state index is 12.8. The van der Waals surface area contributed by atoms with Gasteiger partial charge in [0.1, 0.15) is 5.76 Å². The van der Waals surface area contributed by atoms with Crippen LogP contribution < -0.4 is 5.32 Å². The monoisotopic (exact) mass is 447 g/mol. The maximum Gasteiger partial charge on any atom is 0.223 e. The Morgan fingerprint density at radius 2 is 1.81 bits per heavy atom. The van der Waals surface area contributed by atoms with Crippen molar-refractivity contribution in [3.8, 4) is 0 Å². The standard InChI is InChI=1S/C23H33N3O4S/c1-3-25(4-2)21(22-11-8-16-30-22)17-24-23(27)20-12-14-26(15-13-20)31(28,29)18-19-9-6-5-7-10-19/h5-11,16,20-21H,3-4,12-15,17-18H2,1-2H3,(H,24,27). The minimum Gasteiger partial charge on any atom is -0.468 e. The van der Waals surface area contributed by atoms with Crippen molar-refractivity contribution in [1.29, 1.82) is 0 Å². The van der Waals surface area contributed by atoms with E-state index in [1.165, 1.54) is 4.31 Å². The van der Waals surface area contributed by atoms with Crippen LogP contribution in [0.1, 0.15) is 44.1 Å². The minimum atomic E-state index is -3.38. The van der Waals surface area contributed by atoms with Gasteiger partial charge in [0.15, 0.2) is 0 Å². The molecule has 2 heterocycles. The molecule has 0 bridgehead atoms. The molecule has 8 heteroatoms. The summed E-state index contributed by atoms with van der Waals surface area (Å²) in [5, 5.41) is 3.07. The Morgan fingerprint density at radius 1 is 1.13 bits per heavy atom. The first kappa shape index (κ1) is 23.5. The van der Waals surface area contributed by atoms with E-state index >= 15 is 0 Å². The Kier molecular flexibility index (Phi) is 8.28. The van der Waals surface area contributed by atoms with Gasteiger partial charge in [-0.15, -0.1) is 0 Å². The number of benzene rings is 1. The second-order valence-electron chi connectivity index (χ2n) is 7.91. The van der Waals surface area contributed by atoms with E-state index in [2.05, 4.69) is 24.1 Å².